The average molecular weight is 320 g/mol. The zero-order valence-electron chi connectivity index (χ0n) is 12.5. The first-order valence-corrected chi connectivity index (χ1v) is 8.77. The summed E-state index contributed by atoms with van der Waals surface area (Å²) in [6.07, 6.45) is -0.0917. The molecule has 2 aliphatic rings. The summed E-state index contributed by atoms with van der Waals surface area (Å²) in [6, 6.07) is 0. The summed E-state index contributed by atoms with van der Waals surface area (Å²) >= 11 is 0. The summed E-state index contributed by atoms with van der Waals surface area (Å²) in [5.74, 6) is -1.05. The van der Waals surface area contributed by atoms with Gasteiger partial charge in [0.25, 0.3) is 0 Å². The second kappa shape index (κ2) is 6.07. The van der Waals surface area contributed by atoms with Crippen molar-refractivity contribution in [2.45, 2.75) is 45.4 Å². The molecule has 0 aromatic carbocycles. The lowest BCUT2D eigenvalue weighted by atomic mass is 9.75. The van der Waals surface area contributed by atoms with Crippen molar-refractivity contribution in [1.29, 1.82) is 0 Å². The van der Waals surface area contributed by atoms with Gasteiger partial charge in [0.15, 0.2) is 5.66 Å². The molecule has 7 nitrogen and oxygen atoms in total. The van der Waals surface area contributed by atoms with Gasteiger partial charge in [0.2, 0.25) is 0 Å². The van der Waals surface area contributed by atoms with Crippen LogP contribution in [-0.4, -0.2) is 43.5 Å². The SMILES string of the molecule is CCOP(=O)(OCC)C1C[C@]2(CCOC2=O)[C@@H](C)OC1=O. The third-order valence-electron chi connectivity index (χ3n) is 4.09. The highest BCUT2D eigenvalue weighted by Crippen LogP contribution is 2.60. The molecule has 0 aromatic rings. The molecule has 21 heavy (non-hydrogen) atoms. The lowest BCUT2D eigenvalue weighted by molar-refractivity contribution is -0.172. The number of rotatable bonds is 5. The highest BCUT2D eigenvalue weighted by molar-refractivity contribution is 7.55. The van der Waals surface area contributed by atoms with Gasteiger partial charge in [0.1, 0.15) is 11.5 Å². The van der Waals surface area contributed by atoms with Gasteiger partial charge >= 0.3 is 19.5 Å². The van der Waals surface area contributed by atoms with E-state index in [1.807, 2.05) is 0 Å². The normalized spacial score (nSPS) is 33.1. The number of carbonyl (C=O) groups is 2. The lowest BCUT2D eigenvalue weighted by Gasteiger charge is -2.40. The first kappa shape index (κ1) is 16.5. The molecule has 2 fully saturated rings. The largest absolute Gasteiger partial charge is 0.465 e. The summed E-state index contributed by atoms with van der Waals surface area (Å²) in [5.41, 5.74) is -2.03. The van der Waals surface area contributed by atoms with E-state index < -0.39 is 36.7 Å². The third-order valence-corrected chi connectivity index (χ3v) is 6.48. The van der Waals surface area contributed by atoms with E-state index >= 15 is 0 Å². The van der Waals surface area contributed by atoms with E-state index in [1.54, 1.807) is 20.8 Å². The molecule has 0 aliphatic carbocycles. The van der Waals surface area contributed by atoms with Crippen LogP contribution >= 0.6 is 7.60 Å². The smallest absolute Gasteiger partial charge is 0.344 e. The summed E-state index contributed by atoms with van der Waals surface area (Å²) in [5, 5.41) is 0. The van der Waals surface area contributed by atoms with E-state index in [0.29, 0.717) is 6.42 Å². The third kappa shape index (κ3) is 2.74. The minimum Gasteiger partial charge on any atom is -0.465 e. The number of hydrogen-bond acceptors (Lipinski definition) is 7. The molecule has 0 aromatic heterocycles. The standard InChI is InChI=1S/C13H21O7P/c1-4-18-21(16,19-5-2)10-8-13(6-7-17-12(13)15)9(3)20-11(10)14/h9-10H,4-8H2,1-3H3/t9-,10?,13-/m1/s1. The summed E-state index contributed by atoms with van der Waals surface area (Å²) < 4.78 is 33.6. The molecule has 0 N–H and O–H groups in total. The molecule has 2 heterocycles. The molecule has 8 heteroatoms. The molecule has 1 spiro atoms. The van der Waals surface area contributed by atoms with Gasteiger partial charge in [-0.15, -0.1) is 0 Å². The van der Waals surface area contributed by atoms with Crippen molar-refractivity contribution in [3.8, 4) is 0 Å². The summed E-state index contributed by atoms with van der Waals surface area (Å²) in [7, 11) is -3.66. The molecule has 0 bridgehead atoms. The zero-order chi connectivity index (χ0) is 15.7. The topological polar surface area (TPSA) is 88.1 Å². The molecular weight excluding hydrogens is 299 g/mol. The van der Waals surface area contributed by atoms with E-state index in [9.17, 15) is 14.2 Å². The van der Waals surface area contributed by atoms with Crippen molar-refractivity contribution in [3.05, 3.63) is 0 Å². The van der Waals surface area contributed by atoms with E-state index in [0.717, 1.165) is 0 Å². The minimum absolute atomic E-state index is 0.0725. The minimum atomic E-state index is -3.66. The Morgan fingerprint density at radius 2 is 1.90 bits per heavy atom. The van der Waals surface area contributed by atoms with Gasteiger partial charge in [-0.05, 0) is 27.2 Å². The lowest BCUT2D eigenvalue weighted by Crippen LogP contribution is -2.50. The molecule has 0 radical (unpaired) electrons. The molecule has 120 valence electrons. The molecule has 2 aliphatic heterocycles. The van der Waals surface area contributed by atoms with Crippen molar-refractivity contribution >= 4 is 19.5 Å². The van der Waals surface area contributed by atoms with E-state index in [4.69, 9.17) is 18.5 Å². The number of carbonyl (C=O) groups excluding carboxylic acids is 2. The van der Waals surface area contributed by atoms with E-state index in [1.165, 1.54) is 0 Å². The van der Waals surface area contributed by atoms with Gasteiger partial charge in [-0.3, -0.25) is 14.2 Å². The fourth-order valence-electron chi connectivity index (χ4n) is 2.90. The van der Waals surface area contributed by atoms with E-state index in [-0.39, 0.29) is 26.2 Å². The van der Waals surface area contributed by atoms with E-state index in [2.05, 4.69) is 0 Å². The van der Waals surface area contributed by atoms with Crippen molar-refractivity contribution in [3.63, 3.8) is 0 Å². The molecular formula is C13H21O7P. The molecule has 0 saturated carbocycles. The Morgan fingerprint density at radius 3 is 2.38 bits per heavy atom. The Balaban J connectivity index is 2.32. The second-order valence-electron chi connectivity index (χ2n) is 5.22. The Labute approximate surface area is 123 Å². The predicted octanol–water partition coefficient (Wildman–Crippen LogP) is 1.89. The highest BCUT2D eigenvalue weighted by atomic mass is 31.2. The van der Waals surface area contributed by atoms with Gasteiger partial charge in [0, 0.05) is 6.42 Å². The molecule has 2 rings (SSSR count). The van der Waals surface area contributed by atoms with Crippen LogP contribution in [0.2, 0.25) is 0 Å². The van der Waals surface area contributed by atoms with Crippen molar-refractivity contribution in [1.82, 2.24) is 0 Å². The first-order chi connectivity index (χ1) is 9.89. The van der Waals surface area contributed by atoms with Gasteiger partial charge in [0.05, 0.1) is 19.8 Å². The van der Waals surface area contributed by atoms with Crippen LogP contribution in [0.15, 0.2) is 0 Å². The molecule has 3 atom stereocenters. The van der Waals surface area contributed by atoms with Gasteiger partial charge in [-0.1, -0.05) is 0 Å². The summed E-state index contributed by atoms with van der Waals surface area (Å²) in [4.78, 5) is 24.2. The Morgan fingerprint density at radius 1 is 1.29 bits per heavy atom. The first-order valence-electron chi connectivity index (χ1n) is 7.16. The Bertz CT molecular complexity index is 467. The van der Waals surface area contributed by atoms with Crippen LogP contribution in [0.25, 0.3) is 0 Å². The van der Waals surface area contributed by atoms with Crippen LogP contribution in [0, 0.1) is 5.41 Å². The number of esters is 2. The number of cyclic esters (lactones) is 2. The fraction of sp³-hybridized carbons (Fsp3) is 0.846. The van der Waals surface area contributed by atoms with Gasteiger partial charge in [-0.2, -0.15) is 0 Å². The van der Waals surface area contributed by atoms with Crippen LogP contribution in [-0.2, 0) is 32.7 Å². The Kier molecular flexibility index (Phi) is 4.76. The second-order valence-corrected chi connectivity index (χ2v) is 7.44. The number of hydrogen-bond donors (Lipinski definition) is 0. The van der Waals surface area contributed by atoms with Gasteiger partial charge in [-0.25, -0.2) is 0 Å². The van der Waals surface area contributed by atoms with Gasteiger partial charge < -0.3 is 18.5 Å². The van der Waals surface area contributed by atoms with Crippen LogP contribution in [0.1, 0.15) is 33.6 Å². The fourth-order valence-corrected chi connectivity index (χ4v) is 4.93. The van der Waals surface area contributed by atoms with Crippen LogP contribution in [0.5, 0.6) is 0 Å². The van der Waals surface area contributed by atoms with Crippen LogP contribution in [0.3, 0.4) is 0 Å². The Hall–Kier alpha value is -0.910. The van der Waals surface area contributed by atoms with Crippen molar-refractivity contribution < 1.29 is 32.7 Å². The van der Waals surface area contributed by atoms with Crippen LogP contribution in [0.4, 0.5) is 0 Å². The number of ether oxygens (including phenoxy) is 2. The maximum Gasteiger partial charge on any atom is 0.344 e. The monoisotopic (exact) mass is 320 g/mol. The maximum absolute atomic E-state index is 12.8. The maximum atomic E-state index is 12.8. The molecule has 1 unspecified atom stereocenters. The van der Waals surface area contributed by atoms with Crippen molar-refractivity contribution in [2.24, 2.45) is 5.41 Å². The molecule has 0 amide bonds. The molecule has 2 saturated heterocycles. The average Bonchev–Trinajstić information content (AvgIpc) is 2.77. The predicted molar refractivity (Wildman–Crippen MR) is 72.8 cm³/mol. The summed E-state index contributed by atoms with van der Waals surface area (Å²) in [6.45, 7) is 5.57. The highest BCUT2D eigenvalue weighted by Gasteiger charge is 2.60. The zero-order valence-corrected chi connectivity index (χ0v) is 13.4. The quantitative estimate of drug-likeness (QED) is 0.564. The van der Waals surface area contributed by atoms with Crippen LogP contribution < -0.4 is 0 Å². The van der Waals surface area contributed by atoms with Crippen molar-refractivity contribution in [2.75, 3.05) is 19.8 Å².